The van der Waals surface area contributed by atoms with Gasteiger partial charge in [0.25, 0.3) is 0 Å². The lowest BCUT2D eigenvalue weighted by molar-refractivity contribution is -0.136. The molecule has 0 unspecified atom stereocenters. The highest BCUT2D eigenvalue weighted by atomic mass is 32.1. The molecule has 2 atom stereocenters. The molecule has 0 radical (unpaired) electrons. The Bertz CT molecular complexity index is 439. The maximum Gasteiger partial charge on any atom is 0.248 e. The van der Waals surface area contributed by atoms with Gasteiger partial charge in [0.05, 0.1) is 12.1 Å². The van der Waals surface area contributed by atoms with Gasteiger partial charge < -0.3 is 14.5 Å². The molecule has 0 aliphatic carbocycles. The molecule has 1 aromatic heterocycles. The van der Waals surface area contributed by atoms with E-state index < -0.39 is 0 Å². The molecule has 2 aliphatic rings. The van der Waals surface area contributed by atoms with Crippen LogP contribution in [0.4, 0.5) is 5.13 Å². The highest BCUT2D eigenvalue weighted by molar-refractivity contribution is 7.13. The van der Waals surface area contributed by atoms with E-state index in [-0.39, 0.29) is 12.5 Å². The average Bonchev–Trinajstić information content (AvgIpc) is 3.10. The zero-order valence-electron chi connectivity index (χ0n) is 11.0. The zero-order chi connectivity index (χ0) is 13.2. The van der Waals surface area contributed by atoms with Gasteiger partial charge in [0.2, 0.25) is 11.0 Å². The second-order valence-electron chi connectivity index (χ2n) is 4.85. The molecule has 2 aliphatic heterocycles. The van der Waals surface area contributed by atoms with Crippen LogP contribution >= 0.6 is 11.3 Å². The van der Waals surface area contributed by atoms with Gasteiger partial charge in [-0.25, -0.2) is 0 Å². The molecule has 6 nitrogen and oxygen atoms in total. The number of amides is 1. The van der Waals surface area contributed by atoms with Crippen LogP contribution in [0.5, 0.6) is 0 Å². The summed E-state index contributed by atoms with van der Waals surface area (Å²) in [6, 6.07) is 0.718. The SMILES string of the molecule is CCOCC(=O)N1CC[C@@H]2[C@H]1CCN2c1nncs1. The Morgan fingerprint density at radius 1 is 1.47 bits per heavy atom. The van der Waals surface area contributed by atoms with Crippen LogP contribution in [0.2, 0.25) is 0 Å². The van der Waals surface area contributed by atoms with Gasteiger partial charge in [-0.15, -0.1) is 10.2 Å². The van der Waals surface area contributed by atoms with Gasteiger partial charge in [-0.05, 0) is 19.8 Å². The third kappa shape index (κ3) is 2.32. The fraction of sp³-hybridized carbons (Fsp3) is 0.750. The van der Waals surface area contributed by atoms with E-state index in [1.165, 1.54) is 0 Å². The minimum absolute atomic E-state index is 0.119. The van der Waals surface area contributed by atoms with Crippen LogP contribution < -0.4 is 4.90 Å². The first kappa shape index (κ1) is 12.8. The predicted octanol–water partition coefficient (Wildman–Crippen LogP) is 0.754. The Morgan fingerprint density at radius 2 is 2.32 bits per heavy atom. The van der Waals surface area contributed by atoms with Crippen LogP contribution in [-0.2, 0) is 9.53 Å². The van der Waals surface area contributed by atoms with E-state index in [1.54, 1.807) is 16.8 Å². The molecule has 7 heteroatoms. The molecule has 0 saturated carbocycles. The van der Waals surface area contributed by atoms with Crippen LogP contribution in [0.25, 0.3) is 0 Å². The molecule has 0 bridgehead atoms. The Hall–Kier alpha value is -1.21. The molecule has 3 rings (SSSR count). The molecule has 0 aromatic carbocycles. The van der Waals surface area contributed by atoms with Crippen molar-refractivity contribution in [2.45, 2.75) is 31.8 Å². The number of ether oxygens (including phenoxy) is 1. The standard InChI is InChI=1S/C12H18N4O2S/c1-2-18-7-11(17)15-5-3-10-9(15)4-6-16(10)12-14-13-8-19-12/h8-10H,2-7H2,1H3/t9-,10-/m1/s1. The number of carbonyl (C=O) groups is 1. The second kappa shape index (κ2) is 5.42. The summed E-state index contributed by atoms with van der Waals surface area (Å²) in [4.78, 5) is 16.4. The number of hydrogen-bond acceptors (Lipinski definition) is 6. The third-order valence-corrected chi connectivity index (χ3v) is 4.65. The van der Waals surface area contributed by atoms with Crippen molar-refractivity contribution in [3.63, 3.8) is 0 Å². The van der Waals surface area contributed by atoms with Crippen molar-refractivity contribution in [3.05, 3.63) is 5.51 Å². The summed E-state index contributed by atoms with van der Waals surface area (Å²) in [6.45, 7) is 4.50. The zero-order valence-corrected chi connectivity index (χ0v) is 11.8. The third-order valence-electron chi connectivity index (χ3n) is 3.92. The van der Waals surface area contributed by atoms with Crippen molar-refractivity contribution in [2.75, 3.05) is 31.2 Å². The summed E-state index contributed by atoms with van der Waals surface area (Å²) in [5.41, 5.74) is 1.76. The first-order valence-corrected chi connectivity index (χ1v) is 7.59. The van der Waals surface area contributed by atoms with E-state index in [0.717, 1.165) is 31.1 Å². The molecule has 2 fully saturated rings. The van der Waals surface area contributed by atoms with Crippen molar-refractivity contribution in [1.82, 2.24) is 15.1 Å². The monoisotopic (exact) mass is 282 g/mol. The lowest BCUT2D eigenvalue weighted by Gasteiger charge is -2.25. The minimum atomic E-state index is 0.119. The molecule has 1 aromatic rings. The molecule has 0 N–H and O–H groups in total. The maximum absolute atomic E-state index is 12.1. The summed E-state index contributed by atoms with van der Waals surface area (Å²) in [7, 11) is 0. The molecule has 19 heavy (non-hydrogen) atoms. The van der Waals surface area contributed by atoms with Crippen molar-refractivity contribution in [3.8, 4) is 0 Å². The number of hydrogen-bond donors (Lipinski definition) is 0. The number of nitrogens with zero attached hydrogens (tertiary/aromatic N) is 4. The van der Waals surface area contributed by atoms with Crippen LogP contribution in [0.1, 0.15) is 19.8 Å². The van der Waals surface area contributed by atoms with Crippen LogP contribution in [0.15, 0.2) is 5.51 Å². The lowest BCUT2D eigenvalue weighted by atomic mass is 10.1. The van der Waals surface area contributed by atoms with Crippen molar-refractivity contribution < 1.29 is 9.53 Å². The molecular formula is C12H18N4O2S. The van der Waals surface area contributed by atoms with Gasteiger partial charge >= 0.3 is 0 Å². The van der Waals surface area contributed by atoms with Crippen LogP contribution in [-0.4, -0.2) is 59.4 Å². The van der Waals surface area contributed by atoms with Gasteiger partial charge in [-0.2, -0.15) is 0 Å². The van der Waals surface area contributed by atoms with E-state index in [2.05, 4.69) is 15.1 Å². The Kier molecular flexibility index (Phi) is 3.65. The number of aromatic nitrogens is 2. The Balaban J connectivity index is 1.67. The highest BCUT2D eigenvalue weighted by Gasteiger charge is 2.45. The van der Waals surface area contributed by atoms with Gasteiger partial charge in [0.1, 0.15) is 12.1 Å². The average molecular weight is 282 g/mol. The normalized spacial score (nSPS) is 25.9. The van der Waals surface area contributed by atoms with Crippen LogP contribution in [0.3, 0.4) is 0 Å². The first-order valence-electron chi connectivity index (χ1n) is 6.71. The van der Waals surface area contributed by atoms with Crippen molar-refractivity contribution in [2.24, 2.45) is 0 Å². The first-order chi connectivity index (χ1) is 9.31. The Labute approximate surface area is 116 Å². The quantitative estimate of drug-likeness (QED) is 0.816. The summed E-state index contributed by atoms with van der Waals surface area (Å²) < 4.78 is 5.23. The molecular weight excluding hydrogens is 264 g/mol. The largest absolute Gasteiger partial charge is 0.372 e. The number of likely N-dealkylation sites (tertiary alicyclic amines) is 1. The molecule has 104 valence electrons. The number of rotatable bonds is 4. The van der Waals surface area contributed by atoms with Crippen molar-refractivity contribution >= 4 is 22.4 Å². The Morgan fingerprint density at radius 3 is 3.05 bits per heavy atom. The lowest BCUT2D eigenvalue weighted by Crippen LogP contribution is -2.41. The second-order valence-corrected chi connectivity index (χ2v) is 5.66. The summed E-state index contributed by atoms with van der Waals surface area (Å²) >= 11 is 1.57. The highest BCUT2D eigenvalue weighted by Crippen LogP contribution is 2.35. The number of anilines is 1. The topological polar surface area (TPSA) is 58.6 Å². The molecule has 1 amide bonds. The number of fused-ring (bicyclic) bond motifs is 1. The van der Waals surface area contributed by atoms with Crippen molar-refractivity contribution in [1.29, 1.82) is 0 Å². The fourth-order valence-corrected chi connectivity index (χ4v) is 3.74. The van der Waals surface area contributed by atoms with E-state index in [0.29, 0.717) is 18.7 Å². The molecule has 3 heterocycles. The fourth-order valence-electron chi connectivity index (χ4n) is 3.10. The summed E-state index contributed by atoms with van der Waals surface area (Å²) in [5.74, 6) is 0.119. The van der Waals surface area contributed by atoms with Gasteiger partial charge in [-0.3, -0.25) is 4.79 Å². The van der Waals surface area contributed by atoms with Gasteiger partial charge in [-0.1, -0.05) is 11.3 Å². The van der Waals surface area contributed by atoms with Crippen LogP contribution in [0, 0.1) is 0 Å². The van der Waals surface area contributed by atoms with Gasteiger partial charge in [0.15, 0.2) is 0 Å². The van der Waals surface area contributed by atoms with E-state index >= 15 is 0 Å². The molecule has 0 spiro atoms. The van der Waals surface area contributed by atoms with E-state index in [1.807, 2.05) is 11.8 Å². The smallest absolute Gasteiger partial charge is 0.248 e. The van der Waals surface area contributed by atoms with E-state index in [9.17, 15) is 4.79 Å². The number of carbonyl (C=O) groups excluding carboxylic acids is 1. The molecule has 2 saturated heterocycles. The minimum Gasteiger partial charge on any atom is -0.372 e. The van der Waals surface area contributed by atoms with Gasteiger partial charge in [0, 0.05) is 19.7 Å². The maximum atomic E-state index is 12.1. The van der Waals surface area contributed by atoms with E-state index in [4.69, 9.17) is 4.74 Å². The predicted molar refractivity (Wildman–Crippen MR) is 72.3 cm³/mol. The summed E-state index contributed by atoms with van der Waals surface area (Å²) in [5, 5.41) is 9.02. The summed E-state index contributed by atoms with van der Waals surface area (Å²) in [6.07, 6.45) is 2.03.